The highest BCUT2D eigenvalue weighted by Gasteiger charge is 2.40. The van der Waals surface area contributed by atoms with E-state index < -0.39 is 0 Å². The second-order valence-electron chi connectivity index (χ2n) is 6.79. The molecule has 1 aromatic rings. The maximum absolute atomic E-state index is 11.8. The summed E-state index contributed by atoms with van der Waals surface area (Å²) in [6.07, 6.45) is 3.19. The van der Waals surface area contributed by atoms with Gasteiger partial charge in [-0.2, -0.15) is 0 Å². The minimum Gasteiger partial charge on any atom is -0.394 e. The predicted molar refractivity (Wildman–Crippen MR) is 88.7 cm³/mol. The minimum absolute atomic E-state index is 0.0566. The zero-order chi connectivity index (χ0) is 16.2. The minimum atomic E-state index is -0.100. The van der Waals surface area contributed by atoms with Gasteiger partial charge >= 0.3 is 0 Å². The van der Waals surface area contributed by atoms with Crippen LogP contribution >= 0.6 is 0 Å². The summed E-state index contributed by atoms with van der Waals surface area (Å²) in [7, 11) is 1.65. The van der Waals surface area contributed by atoms with E-state index in [0.29, 0.717) is 11.5 Å². The highest BCUT2D eigenvalue weighted by molar-refractivity contribution is 5.94. The van der Waals surface area contributed by atoms with Gasteiger partial charge in [0, 0.05) is 24.7 Å². The Balaban J connectivity index is 2.16. The van der Waals surface area contributed by atoms with Gasteiger partial charge in [0.2, 0.25) is 0 Å². The monoisotopic (exact) mass is 304 g/mol. The summed E-state index contributed by atoms with van der Waals surface area (Å²) < 4.78 is 0. The summed E-state index contributed by atoms with van der Waals surface area (Å²) in [6, 6.07) is 7.77. The molecule has 0 spiro atoms. The molecule has 0 unspecified atom stereocenters. The summed E-state index contributed by atoms with van der Waals surface area (Å²) in [6.45, 7) is 6.43. The largest absolute Gasteiger partial charge is 0.394 e. The molecule has 0 aromatic heterocycles. The number of likely N-dealkylation sites (tertiary alicyclic amines) is 1. The van der Waals surface area contributed by atoms with Crippen LogP contribution in [0.4, 0.5) is 0 Å². The Hall–Kier alpha value is -1.39. The summed E-state index contributed by atoms with van der Waals surface area (Å²) >= 11 is 0. The van der Waals surface area contributed by atoms with E-state index >= 15 is 0 Å². The molecule has 1 amide bonds. The first kappa shape index (κ1) is 17.0. The van der Waals surface area contributed by atoms with Gasteiger partial charge in [-0.15, -0.1) is 0 Å². The lowest BCUT2D eigenvalue weighted by atomic mass is 9.87. The first-order valence-corrected chi connectivity index (χ1v) is 8.17. The van der Waals surface area contributed by atoms with Gasteiger partial charge in [0.25, 0.3) is 5.91 Å². The molecule has 1 aromatic carbocycles. The standard InChI is InChI=1S/C18H28N2O2/c1-14(2)11-18(13-21)8-5-9-20(18)12-15-6-4-7-16(10-15)17(22)19-3/h4,6-7,10,14,21H,5,8-9,11-13H2,1-3H3,(H,19,22)/t18-/m0/s1. The SMILES string of the molecule is CNC(=O)c1cccc(CN2CCC[C@@]2(CO)CC(C)C)c1. The van der Waals surface area contributed by atoms with Gasteiger partial charge in [-0.1, -0.05) is 26.0 Å². The van der Waals surface area contributed by atoms with Crippen molar-refractivity contribution in [3.05, 3.63) is 35.4 Å². The summed E-state index contributed by atoms with van der Waals surface area (Å²) in [4.78, 5) is 14.2. The average molecular weight is 304 g/mol. The van der Waals surface area contributed by atoms with Crippen LogP contribution in [0.5, 0.6) is 0 Å². The number of benzene rings is 1. The van der Waals surface area contributed by atoms with Gasteiger partial charge in [0.15, 0.2) is 0 Å². The van der Waals surface area contributed by atoms with Crippen molar-refractivity contribution in [2.24, 2.45) is 5.92 Å². The summed E-state index contributed by atoms with van der Waals surface area (Å²) in [5.74, 6) is 0.504. The molecule has 0 bridgehead atoms. The number of aliphatic hydroxyl groups excluding tert-OH is 1. The fourth-order valence-electron chi connectivity index (χ4n) is 3.65. The third-order valence-electron chi connectivity index (χ3n) is 4.61. The number of carbonyl (C=O) groups is 1. The number of nitrogens with one attached hydrogen (secondary N) is 1. The number of hydrogen-bond donors (Lipinski definition) is 2. The van der Waals surface area contributed by atoms with Crippen LogP contribution in [0.1, 0.15) is 49.0 Å². The van der Waals surface area contributed by atoms with Crippen molar-refractivity contribution >= 4 is 5.91 Å². The predicted octanol–water partition coefficient (Wildman–Crippen LogP) is 2.42. The molecule has 1 heterocycles. The molecule has 0 aliphatic carbocycles. The van der Waals surface area contributed by atoms with Crippen LogP contribution in [-0.2, 0) is 6.54 Å². The number of aliphatic hydroxyl groups is 1. The highest BCUT2D eigenvalue weighted by Crippen LogP contribution is 2.35. The summed E-state index contributed by atoms with van der Waals surface area (Å²) in [5, 5.41) is 12.7. The van der Waals surface area contributed by atoms with Crippen LogP contribution < -0.4 is 5.32 Å². The molecule has 22 heavy (non-hydrogen) atoms. The molecule has 1 aliphatic heterocycles. The van der Waals surface area contributed by atoms with Crippen molar-refractivity contribution in [2.75, 3.05) is 20.2 Å². The zero-order valence-electron chi connectivity index (χ0n) is 13.9. The molecular formula is C18H28N2O2. The van der Waals surface area contributed by atoms with E-state index in [-0.39, 0.29) is 18.1 Å². The maximum atomic E-state index is 11.8. The number of hydrogen-bond acceptors (Lipinski definition) is 3. The van der Waals surface area contributed by atoms with Crippen LogP contribution in [0.15, 0.2) is 24.3 Å². The van der Waals surface area contributed by atoms with Crippen molar-refractivity contribution in [3.63, 3.8) is 0 Å². The fraction of sp³-hybridized carbons (Fsp3) is 0.611. The zero-order valence-corrected chi connectivity index (χ0v) is 13.9. The molecule has 1 atom stereocenters. The number of nitrogens with zero attached hydrogens (tertiary/aromatic N) is 1. The Morgan fingerprint density at radius 3 is 2.86 bits per heavy atom. The van der Waals surface area contributed by atoms with E-state index in [2.05, 4.69) is 30.1 Å². The Labute approximate surface area is 133 Å². The molecule has 2 N–H and O–H groups in total. The van der Waals surface area contributed by atoms with E-state index in [1.54, 1.807) is 7.05 Å². The van der Waals surface area contributed by atoms with E-state index in [1.165, 1.54) is 0 Å². The number of amides is 1. The molecule has 1 aliphatic rings. The molecule has 0 radical (unpaired) electrons. The van der Waals surface area contributed by atoms with E-state index in [0.717, 1.165) is 37.9 Å². The van der Waals surface area contributed by atoms with Gasteiger partial charge in [0.05, 0.1) is 6.61 Å². The second-order valence-corrected chi connectivity index (χ2v) is 6.79. The quantitative estimate of drug-likeness (QED) is 0.848. The van der Waals surface area contributed by atoms with Crippen LogP contribution in [0, 0.1) is 5.92 Å². The smallest absolute Gasteiger partial charge is 0.251 e. The third kappa shape index (κ3) is 3.68. The van der Waals surface area contributed by atoms with Crippen molar-refractivity contribution in [2.45, 2.75) is 45.2 Å². The molecule has 4 heteroatoms. The van der Waals surface area contributed by atoms with Crippen molar-refractivity contribution in [3.8, 4) is 0 Å². The average Bonchev–Trinajstić information content (AvgIpc) is 2.89. The Bertz CT molecular complexity index is 516. The van der Waals surface area contributed by atoms with E-state index in [1.807, 2.05) is 18.2 Å². The molecule has 4 nitrogen and oxygen atoms in total. The highest BCUT2D eigenvalue weighted by atomic mass is 16.3. The number of rotatable bonds is 6. The maximum Gasteiger partial charge on any atom is 0.251 e. The molecule has 1 fully saturated rings. The first-order valence-electron chi connectivity index (χ1n) is 8.17. The fourth-order valence-corrected chi connectivity index (χ4v) is 3.65. The van der Waals surface area contributed by atoms with Crippen LogP contribution in [0.3, 0.4) is 0 Å². The second kappa shape index (κ2) is 7.25. The van der Waals surface area contributed by atoms with Gasteiger partial charge < -0.3 is 10.4 Å². The lowest BCUT2D eigenvalue weighted by Crippen LogP contribution is -2.47. The first-order chi connectivity index (χ1) is 10.5. The van der Waals surface area contributed by atoms with Crippen LogP contribution in [0.2, 0.25) is 0 Å². The lowest BCUT2D eigenvalue weighted by molar-refractivity contribution is 0.0409. The molecule has 0 saturated carbocycles. The van der Waals surface area contributed by atoms with Crippen molar-refractivity contribution in [1.82, 2.24) is 10.2 Å². The van der Waals surface area contributed by atoms with Gasteiger partial charge in [-0.3, -0.25) is 9.69 Å². The summed E-state index contributed by atoms with van der Waals surface area (Å²) in [5.41, 5.74) is 1.72. The van der Waals surface area contributed by atoms with Gasteiger partial charge in [0.1, 0.15) is 0 Å². The molecule has 122 valence electrons. The Morgan fingerprint density at radius 2 is 2.23 bits per heavy atom. The van der Waals surface area contributed by atoms with Crippen molar-refractivity contribution in [1.29, 1.82) is 0 Å². The normalized spacial score (nSPS) is 22.2. The van der Waals surface area contributed by atoms with Gasteiger partial charge in [-0.25, -0.2) is 0 Å². The van der Waals surface area contributed by atoms with Crippen LogP contribution in [0.25, 0.3) is 0 Å². The van der Waals surface area contributed by atoms with E-state index in [4.69, 9.17) is 0 Å². The number of carbonyl (C=O) groups excluding carboxylic acids is 1. The lowest BCUT2D eigenvalue weighted by Gasteiger charge is -2.38. The van der Waals surface area contributed by atoms with Crippen LogP contribution in [-0.4, -0.2) is 41.7 Å². The van der Waals surface area contributed by atoms with E-state index in [9.17, 15) is 9.90 Å². The third-order valence-corrected chi connectivity index (χ3v) is 4.61. The topological polar surface area (TPSA) is 52.6 Å². The molecular weight excluding hydrogens is 276 g/mol. The Kier molecular flexibility index (Phi) is 5.59. The van der Waals surface area contributed by atoms with Crippen molar-refractivity contribution < 1.29 is 9.90 Å². The Morgan fingerprint density at radius 1 is 1.45 bits per heavy atom. The molecule has 1 saturated heterocycles. The molecule has 2 rings (SSSR count). The van der Waals surface area contributed by atoms with Gasteiger partial charge in [-0.05, 0) is 49.4 Å².